The lowest BCUT2D eigenvalue weighted by Gasteiger charge is -2.13. The standard InChI is InChI=1S/C17H16ClN3O3/c1-9-7-13(15-10(2)21-24-17(15)20-9)16(23)19-8-14(22)11-3-5-12(18)6-4-11/h3-7,14,22H,8H2,1-2H3,(H,19,23)/t14-/m0/s1. The van der Waals surface area contributed by atoms with E-state index in [1.54, 1.807) is 44.2 Å². The molecule has 1 amide bonds. The van der Waals surface area contributed by atoms with E-state index in [-0.39, 0.29) is 12.5 Å². The fourth-order valence-electron chi connectivity index (χ4n) is 2.48. The molecule has 3 aromatic rings. The molecule has 24 heavy (non-hydrogen) atoms. The van der Waals surface area contributed by atoms with E-state index in [4.69, 9.17) is 16.1 Å². The molecule has 1 atom stereocenters. The predicted octanol–water partition coefficient (Wildman–Crippen LogP) is 2.96. The molecule has 7 heteroatoms. The van der Waals surface area contributed by atoms with Gasteiger partial charge in [-0.25, -0.2) is 4.98 Å². The zero-order valence-corrected chi connectivity index (χ0v) is 14.0. The molecule has 0 fully saturated rings. The minimum atomic E-state index is -0.826. The Morgan fingerprint density at radius 3 is 2.75 bits per heavy atom. The number of carbonyl (C=O) groups is 1. The molecule has 0 aliphatic rings. The number of fused-ring (bicyclic) bond motifs is 1. The summed E-state index contributed by atoms with van der Waals surface area (Å²) in [6.07, 6.45) is -0.826. The zero-order valence-electron chi connectivity index (χ0n) is 13.2. The van der Waals surface area contributed by atoms with Gasteiger partial charge < -0.3 is 14.9 Å². The second-order valence-electron chi connectivity index (χ2n) is 5.54. The summed E-state index contributed by atoms with van der Waals surface area (Å²) < 4.78 is 5.12. The first kappa shape index (κ1) is 16.4. The number of rotatable bonds is 4. The van der Waals surface area contributed by atoms with Crippen molar-refractivity contribution in [2.24, 2.45) is 0 Å². The van der Waals surface area contributed by atoms with Gasteiger partial charge in [0.1, 0.15) is 0 Å². The minimum Gasteiger partial charge on any atom is -0.387 e. The summed E-state index contributed by atoms with van der Waals surface area (Å²) in [5.41, 5.74) is 2.69. The van der Waals surface area contributed by atoms with E-state index < -0.39 is 6.10 Å². The molecule has 0 radical (unpaired) electrons. The Hall–Kier alpha value is -2.44. The third-order valence-electron chi connectivity index (χ3n) is 3.70. The van der Waals surface area contributed by atoms with Crippen LogP contribution in [0.1, 0.15) is 33.4 Å². The second kappa shape index (κ2) is 6.59. The van der Waals surface area contributed by atoms with Crippen molar-refractivity contribution in [1.29, 1.82) is 0 Å². The van der Waals surface area contributed by atoms with Gasteiger partial charge in [-0.1, -0.05) is 28.9 Å². The number of pyridine rings is 1. The Kier molecular flexibility index (Phi) is 4.51. The summed E-state index contributed by atoms with van der Waals surface area (Å²) in [7, 11) is 0. The van der Waals surface area contributed by atoms with E-state index in [0.29, 0.717) is 38.6 Å². The van der Waals surface area contributed by atoms with Gasteiger partial charge in [-0.15, -0.1) is 0 Å². The molecule has 3 rings (SSSR count). The maximum atomic E-state index is 12.5. The van der Waals surface area contributed by atoms with E-state index in [1.165, 1.54) is 0 Å². The lowest BCUT2D eigenvalue weighted by molar-refractivity contribution is 0.0917. The fraction of sp³-hybridized carbons (Fsp3) is 0.235. The van der Waals surface area contributed by atoms with Crippen LogP contribution in [0, 0.1) is 13.8 Å². The molecule has 2 aromatic heterocycles. The van der Waals surface area contributed by atoms with Crippen LogP contribution in [0.2, 0.25) is 5.02 Å². The molecule has 124 valence electrons. The summed E-state index contributed by atoms with van der Waals surface area (Å²) in [6, 6.07) is 8.50. The van der Waals surface area contributed by atoms with Crippen LogP contribution in [0.4, 0.5) is 0 Å². The predicted molar refractivity (Wildman–Crippen MR) is 90.0 cm³/mol. The molecule has 2 N–H and O–H groups in total. The summed E-state index contributed by atoms with van der Waals surface area (Å²) in [4.78, 5) is 16.7. The Balaban J connectivity index is 1.78. The Labute approximate surface area is 143 Å². The maximum absolute atomic E-state index is 12.5. The number of nitrogens with one attached hydrogen (secondary N) is 1. The van der Waals surface area contributed by atoms with Crippen LogP contribution < -0.4 is 5.32 Å². The van der Waals surface area contributed by atoms with Crippen LogP contribution in [0.15, 0.2) is 34.9 Å². The molecule has 0 saturated heterocycles. The van der Waals surface area contributed by atoms with Gasteiger partial charge in [-0.3, -0.25) is 4.79 Å². The number of aliphatic hydroxyl groups is 1. The molecule has 0 aliphatic carbocycles. The molecule has 0 aliphatic heterocycles. The number of amides is 1. The SMILES string of the molecule is Cc1cc(C(=O)NC[C@H](O)c2ccc(Cl)cc2)c2c(C)noc2n1. The number of carbonyl (C=O) groups excluding carboxylic acids is 1. The Morgan fingerprint density at radius 2 is 2.04 bits per heavy atom. The number of aromatic nitrogens is 2. The average Bonchev–Trinajstić information content (AvgIpc) is 2.93. The number of aryl methyl sites for hydroxylation is 2. The number of hydrogen-bond acceptors (Lipinski definition) is 5. The van der Waals surface area contributed by atoms with E-state index in [2.05, 4.69) is 15.5 Å². The van der Waals surface area contributed by atoms with E-state index in [1.807, 2.05) is 0 Å². The van der Waals surface area contributed by atoms with Crippen LogP contribution in [-0.2, 0) is 0 Å². The topological polar surface area (TPSA) is 88.2 Å². The summed E-state index contributed by atoms with van der Waals surface area (Å²) in [6.45, 7) is 3.60. The number of nitrogens with zero attached hydrogens (tertiary/aromatic N) is 2. The van der Waals surface area contributed by atoms with Crippen molar-refractivity contribution in [1.82, 2.24) is 15.5 Å². The smallest absolute Gasteiger partial charge is 0.258 e. The zero-order chi connectivity index (χ0) is 17.3. The number of hydrogen-bond donors (Lipinski definition) is 2. The molecule has 0 bridgehead atoms. The van der Waals surface area contributed by atoms with Crippen molar-refractivity contribution in [2.75, 3.05) is 6.54 Å². The van der Waals surface area contributed by atoms with Gasteiger partial charge in [0.25, 0.3) is 11.6 Å². The van der Waals surface area contributed by atoms with Crippen molar-refractivity contribution in [3.05, 3.63) is 57.9 Å². The Morgan fingerprint density at radius 1 is 1.33 bits per heavy atom. The van der Waals surface area contributed by atoms with Crippen molar-refractivity contribution < 1.29 is 14.4 Å². The molecule has 6 nitrogen and oxygen atoms in total. The van der Waals surface area contributed by atoms with Gasteiger partial charge in [0, 0.05) is 17.3 Å². The van der Waals surface area contributed by atoms with Gasteiger partial charge in [-0.05, 0) is 37.6 Å². The van der Waals surface area contributed by atoms with Gasteiger partial charge in [-0.2, -0.15) is 0 Å². The summed E-state index contributed by atoms with van der Waals surface area (Å²) >= 11 is 5.83. The molecule has 0 unspecified atom stereocenters. The minimum absolute atomic E-state index is 0.0770. The highest BCUT2D eigenvalue weighted by Crippen LogP contribution is 2.22. The molecule has 2 heterocycles. The van der Waals surface area contributed by atoms with Crippen molar-refractivity contribution in [3.63, 3.8) is 0 Å². The van der Waals surface area contributed by atoms with Crippen LogP contribution in [0.25, 0.3) is 11.1 Å². The van der Waals surface area contributed by atoms with Crippen LogP contribution in [0.3, 0.4) is 0 Å². The normalized spacial score (nSPS) is 12.3. The number of benzene rings is 1. The van der Waals surface area contributed by atoms with Gasteiger partial charge in [0.15, 0.2) is 0 Å². The van der Waals surface area contributed by atoms with Gasteiger partial charge in [0.2, 0.25) is 0 Å². The largest absolute Gasteiger partial charge is 0.387 e. The van der Waals surface area contributed by atoms with Gasteiger partial charge in [0.05, 0.1) is 22.7 Å². The highest BCUT2D eigenvalue weighted by atomic mass is 35.5. The molecular weight excluding hydrogens is 330 g/mol. The first-order chi connectivity index (χ1) is 11.5. The third kappa shape index (κ3) is 3.25. The lowest BCUT2D eigenvalue weighted by Crippen LogP contribution is -2.28. The van der Waals surface area contributed by atoms with Gasteiger partial charge >= 0.3 is 0 Å². The van der Waals surface area contributed by atoms with E-state index in [9.17, 15) is 9.90 Å². The van der Waals surface area contributed by atoms with Crippen molar-refractivity contribution >= 4 is 28.6 Å². The van der Waals surface area contributed by atoms with Crippen LogP contribution in [0.5, 0.6) is 0 Å². The first-order valence-corrected chi connectivity index (χ1v) is 7.79. The van der Waals surface area contributed by atoms with Crippen LogP contribution >= 0.6 is 11.6 Å². The Bertz CT molecular complexity index is 890. The van der Waals surface area contributed by atoms with Crippen molar-refractivity contribution in [2.45, 2.75) is 20.0 Å². The van der Waals surface area contributed by atoms with Crippen molar-refractivity contribution in [3.8, 4) is 0 Å². The number of halogens is 1. The maximum Gasteiger partial charge on any atom is 0.258 e. The third-order valence-corrected chi connectivity index (χ3v) is 3.95. The molecular formula is C17H16ClN3O3. The fourth-order valence-corrected chi connectivity index (χ4v) is 2.61. The monoisotopic (exact) mass is 345 g/mol. The quantitative estimate of drug-likeness (QED) is 0.759. The second-order valence-corrected chi connectivity index (χ2v) is 5.97. The van der Waals surface area contributed by atoms with E-state index >= 15 is 0 Å². The summed E-state index contributed by atoms with van der Waals surface area (Å²) in [5, 5.41) is 17.9. The van der Waals surface area contributed by atoms with Crippen LogP contribution in [-0.4, -0.2) is 27.7 Å². The first-order valence-electron chi connectivity index (χ1n) is 7.41. The van der Waals surface area contributed by atoms with E-state index in [0.717, 1.165) is 0 Å². The molecule has 1 aromatic carbocycles. The molecule has 0 spiro atoms. The highest BCUT2D eigenvalue weighted by Gasteiger charge is 2.18. The highest BCUT2D eigenvalue weighted by molar-refractivity contribution is 6.30. The molecule has 0 saturated carbocycles. The number of aliphatic hydroxyl groups excluding tert-OH is 1. The summed E-state index contributed by atoms with van der Waals surface area (Å²) in [5.74, 6) is -0.315. The lowest BCUT2D eigenvalue weighted by atomic mass is 10.1. The average molecular weight is 346 g/mol.